The van der Waals surface area contributed by atoms with Crippen LogP contribution in [0.5, 0.6) is 5.75 Å². The van der Waals surface area contributed by atoms with Gasteiger partial charge in [-0.05, 0) is 13.0 Å². The second kappa shape index (κ2) is 12.1. The van der Waals surface area contributed by atoms with Crippen LogP contribution in [-0.4, -0.2) is 76.4 Å². The van der Waals surface area contributed by atoms with Gasteiger partial charge in [0.1, 0.15) is 23.9 Å². The van der Waals surface area contributed by atoms with E-state index in [1.165, 1.54) is 14.1 Å². The number of hydrogen-bond acceptors (Lipinski definition) is 7. The number of carbonyl (C=O) groups is 2. The van der Waals surface area contributed by atoms with E-state index in [0.717, 1.165) is 32.9 Å². The van der Waals surface area contributed by atoms with Gasteiger partial charge in [-0.3, -0.25) is 23.6 Å². The summed E-state index contributed by atoms with van der Waals surface area (Å²) in [5.41, 5.74) is -2.49. The summed E-state index contributed by atoms with van der Waals surface area (Å²) < 4.78 is 44.4. The number of halogens is 2. The minimum Gasteiger partial charge on any atom is -0.502 e. The minimum absolute atomic E-state index is 0.0718. The van der Waals surface area contributed by atoms with Crippen LogP contribution in [0.15, 0.2) is 29.2 Å². The van der Waals surface area contributed by atoms with Crippen molar-refractivity contribution in [3.8, 4) is 5.75 Å². The second-order valence-corrected chi connectivity index (χ2v) is 9.50. The molecule has 36 heavy (non-hydrogen) atoms. The fourth-order valence-electron chi connectivity index (χ4n) is 3.01. The maximum atomic E-state index is 13.9. The van der Waals surface area contributed by atoms with Crippen molar-refractivity contribution in [1.29, 1.82) is 0 Å². The lowest BCUT2D eigenvalue weighted by Crippen LogP contribution is -2.42. The smallest absolute Gasteiger partial charge is 0.327 e. The van der Waals surface area contributed by atoms with E-state index in [1.807, 2.05) is 0 Å². The monoisotopic (exact) mass is 532 g/mol. The Labute approximate surface area is 204 Å². The lowest BCUT2D eigenvalue weighted by molar-refractivity contribution is 0.0365. The average Bonchev–Trinajstić information content (AvgIpc) is 2.80. The van der Waals surface area contributed by atoms with Crippen molar-refractivity contribution in [2.45, 2.75) is 13.5 Å². The first kappa shape index (κ1) is 28.9. The first-order valence-corrected chi connectivity index (χ1v) is 12.4. The van der Waals surface area contributed by atoms with E-state index in [-0.39, 0.29) is 25.4 Å². The van der Waals surface area contributed by atoms with E-state index in [1.54, 1.807) is 6.92 Å². The van der Waals surface area contributed by atoms with Crippen LogP contribution in [0.1, 0.15) is 33.3 Å². The molecule has 0 aliphatic carbocycles. The number of nitrogens with zero attached hydrogens (tertiary/aromatic N) is 3. The van der Waals surface area contributed by atoms with Gasteiger partial charge in [0.2, 0.25) is 5.43 Å². The minimum atomic E-state index is -4.45. The molecule has 0 saturated heterocycles. The average molecular weight is 532 g/mol. The van der Waals surface area contributed by atoms with Crippen LogP contribution in [0.2, 0.25) is 0 Å². The topological polar surface area (TPSA) is 162 Å². The van der Waals surface area contributed by atoms with Crippen LogP contribution in [0.3, 0.4) is 0 Å². The van der Waals surface area contributed by atoms with Crippen LogP contribution in [0, 0.1) is 11.6 Å². The molecule has 1 aromatic heterocycles. The quantitative estimate of drug-likeness (QED) is 0.240. The zero-order chi connectivity index (χ0) is 27.2. The molecule has 0 spiro atoms. The molecule has 2 amide bonds. The number of aromatic hydroxyl groups is 1. The van der Waals surface area contributed by atoms with Crippen LogP contribution in [0.4, 0.5) is 8.78 Å². The van der Waals surface area contributed by atoms with Gasteiger partial charge in [0, 0.05) is 51.6 Å². The molecule has 2 aromatic rings. The number of rotatable bonds is 11. The molecule has 1 heterocycles. The summed E-state index contributed by atoms with van der Waals surface area (Å²) in [6, 6.07) is 2.71. The number of aromatic nitrogens is 1. The van der Waals surface area contributed by atoms with Crippen LogP contribution in [0.25, 0.3) is 0 Å². The van der Waals surface area contributed by atoms with Gasteiger partial charge < -0.3 is 34.9 Å². The largest absolute Gasteiger partial charge is 0.502 e. The summed E-state index contributed by atoms with van der Waals surface area (Å²) in [4.78, 5) is 58.0. The Morgan fingerprint density at radius 3 is 2.47 bits per heavy atom. The van der Waals surface area contributed by atoms with Gasteiger partial charge in [-0.25, -0.2) is 8.78 Å². The van der Waals surface area contributed by atoms with Gasteiger partial charge in [-0.1, -0.05) is 6.07 Å². The van der Waals surface area contributed by atoms with Gasteiger partial charge in [-0.15, -0.1) is 0 Å². The molecular weight excluding hydrogens is 505 g/mol. The first-order valence-electron chi connectivity index (χ1n) is 10.6. The molecule has 4 N–H and O–H groups in total. The Balaban J connectivity index is 2.48. The molecule has 1 aromatic carbocycles. The second-order valence-electron chi connectivity index (χ2n) is 7.73. The predicted molar refractivity (Wildman–Crippen MR) is 124 cm³/mol. The number of pyridine rings is 1. The number of ether oxygens (including phenoxy) is 1. The van der Waals surface area contributed by atoms with E-state index in [0.29, 0.717) is 6.07 Å². The standard InChI is InChI=1S/C21H27F2N4O8P/c1-4-35-12-25(2)21(31)17-19(29)18(28)15(11-27(17)26(3)7-8-36(32,33)34)20(30)24-10-13-5-6-14(22)9-16(13)23/h5-6,9,11,29H,4,7-8,10,12H2,1-3H3,(H,24,30)(H2,32,33,34). The van der Waals surface area contributed by atoms with E-state index in [9.17, 15) is 42.6 Å². The van der Waals surface area contributed by atoms with Gasteiger partial charge in [-0.2, -0.15) is 0 Å². The van der Waals surface area contributed by atoms with Crippen molar-refractivity contribution in [2.75, 3.05) is 45.1 Å². The number of amides is 2. The van der Waals surface area contributed by atoms with E-state index < -0.39 is 66.2 Å². The normalized spacial score (nSPS) is 11.3. The number of hydrogen-bond donors (Lipinski definition) is 4. The molecule has 0 aliphatic heterocycles. The molecule has 2 rings (SSSR count). The lowest BCUT2D eigenvalue weighted by atomic mass is 10.1. The Hall–Kier alpha value is -3.32. The zero-order valence-electron chi connectivity index (χ0n) is 19.8. The van der Waals surface area contributed by atoms with Crippen molar-refractivity contribution >= 4 is 19.4 Å². The Bertz CT molecular complexity index is 1230. The van der Waals surface area contributed by atoms with Crippen LogP contribution < -0.4 is 15.8 Å². The highest BCUT2D eigenvalue weighted by molar-refractivity contribution is 7.51. The highest BCUT2D eigenvalue weighted by Crippen LogP contribution is 2.33. The van der Waals surface area contributed by atoms with Crippen LogP contribution in [-0.2, 0) is 15.8 Å². The predicted octanol–water partition coefficient (Wildman–Crippen LogP) is 0.574. The van der Waals surface area contributed by atoms with Gasteiger partial charge >= 0.3 is 7.60 Å². The van der Waals surface area contributed by atoms with Gasteiger partial charge in [0.05, 0.1) is 6.16 Å². The van der Waals surface area contributed by atoms with Gasteiger partial charge in [0.15, 0.2) is 11.4 Å². The van der Waals surface area contributed by atoms with Crippen molar-refractivity contribution in [2.24, 2.45) is 0 Å². The molecular formula is C21H27F2N4O8P. The fraction of sp³-hybridized carbons (Fsp3) is 0.381. The summed E-state index contributed by atoms with van der Waals surface area (Å²) in [6.07, 6.45) is 0.282. The lowest BCUT2D eigenvalue weighted by Gasteiger charge is -2.28. The maximum Gasteiger partial charge on any atom is 0.327 e. The number of nitrogens with one attached hydrogen (secondary N) is 1. The summed E-state index contributed by atoms with van der Waals surface area (Å²) in [7, 11) is -1.81. The number of carbonyl (C=O) groups excluding carboxylic acids is 2. The summed E-state index contributed by atoms with van der Waals surface area (Å²) in [6.45, 7) is 1.01. The molecule has 0 saturated carbocycles. The van der Waals surface area contributed by atoms with E-state index in [2.05, 4.69) is 5.32 Å². The van der Waals surface area contributed by atoms with Crippen molar-refractivity contribution in [1.82, 2.24) is 14.9 Å². The highest BCUT2D eigenvalue weighted by atomic mass is 31.2. The molecule has 0 bridgehead atoms. The molecule has 0 atom stereocenters. The Kier molecular flexibility index (Phi) is 9.70. The molecule has 0 fully saturated rings. The van der Waals surface area contributed by atoms with Crippen molar-refractivity contribution < 1.29 is 42.6 Å². The highest BCUT2D eigenvalue weighted by Gasteiger charge is 2.28. The molecule has 0 aliphatic rings. The third-order valence-corrected chi connectivity index (χ3v) is 5.77. The third kappa shape index (κ3) is 7.34. The summed E-state index contributed by atoms with van der Waals surface area (Å²) >= 11 is 0. The maximum absolute atomic E-state index is 13.9. The molecule has 0 radical (unpaired) electrons. The van der Waals surface area contributed by atoms with E-state index in [4.69, 9.17) is 4.74 Å². The molecule has 15 heteroatoms. The first-order chi connectivity index (χ1) is 16.8. The fourth-order valence-corrected chi connectivity index (χ4v) is 3.56. The molecule has 0 unspecified atom stereocenters. The van der Waals surface area contributed by atoms with Crippen molar-refractivity contribution in [3.63, 3.8) is 0 Å². The van der Waals surface area contributed by atoms with E-state index >= 15 is 0 Å². The van der Waals surface area contributed by atoms with Crippen molar-refractivity contribution in [3.05, 3.63) is 63.1 Å². The molecule has 12 nitrogen and oxygen atoms in total. The Morgan fingerprint density at radius 2 is 1.89 bits per heavy atom. The SMILES string of the molecule is CCOCN(C)C(=O)c1c(O)c(=O)c(C(=O)NCc2ccc(F)cc2F)cn1N(C)CCP(=O)(O)O. The summed E-state index contributed by atoms with van der Waals surface area (Å²) in [5, 5.41) is 14.0. The molecule has 198 valence electrons. The summed E-state index contributed by atoms with van der Waals surface area (Å²) in [5.74, 6) is -4.75. The van der Waals surface area contributed by atoms with Crippen LogP contribution >= 0.6 is 7.60 Å². The third-order valence-electron chi connectivity index (χ3n) is 4.98. The zero-order valence-corrected chi connectivity index (χ0v) is 20.7. The Morgan fingerprint density at radius 1 is 1.22 bits per heavy atom. The number of benzene rings is 1. The van der Waals surface area contributed by atoms with Gasteiger partial charge in [0.25, 0.3) is 11.8 Å².